The van der Waals surface area contributed by atoms with E-state index in [0.29, 0.717) is 12.3 Å². The summed E-state index contributed by atoms with van der Waals surface area (Å²) in [6.07, 6.45) is 3.49. The van der Waals surface area contributed by atoms with Gasteiger partial charge in [0.05, 0.1) is 23.7 Å². The minimum Gasteiger partial charge on any atom is -0.494 e. The van der Waals surface area contributed by atoms with E-state index in [1.54, 1.807) is 24.4 Å². The molecule has 0 radical (unpaired) electrons. The van der Waals surface area contributed by atoms with E-state index in [-0.39, 0.29) is 11.9 Å². The minimum absolute atomic E-state index is 0.205. The lowest BCUT2D eigenvalue weighted by Gasteiger charge is -2.16. The van der Waals surface area contributed by atoms with Crippen LogP contribution in [0.4, 0.5) is 0 Å². The molecular weight excluding hydrogens is 400 g/mol. The third kappa shape index (κ3) is 5.14. The Hall–Kier alpha value is -3.67. The van der Waals surface area contributed by atoms with Gasteiger partial charge in [0.1, 0.15) is 17.3 Å². The number of unbranched alkanes of at least 4 members (excludes halogenated alkanes) is 1. The molecular formula is C26H28N4O2. The summed E-state index contributed by atoms with van der Waals surface area (Å²) in [5.41, 5.74) is 3.59. The van der Waals surface area contributed by atoms with Gasteiger partial charge >= 0.3 is 0 Å². The van der Waals surface area contributed by atoms with Crippen LogP contribution < -0.4 is 10.1 Å². The van der Waals surface area contributed by atoms with Crippen molar-refractivity contribution in [3.05, 3.63) is 90.0 Å². The largest absolute Gasteiger partial charge is 0.494 e. The van der Waals surface area contributed by atoms with E-state index >= 15 is 0 Å². The fraction of sp³-hybridized carbons (Fsp3) is 0.269. The lowest BCUT2D eigenvalue weighted by molar-refractivity contribution is 0.0932. The van der Waals surface area contributed by atoms with Crippen molar-refractivity contribution in [2.75, 3.05) is 6.61 Å². The number of pyridine rings is 1. The summed E-state index contributed by atoms with van der Waals surface area (Å²) in [6.45, 7) is 5.49. The number of fused-ring (bicyclic) bond motifs is 1. The van der Waals surface area contributed by atoms with E-state index in [2.05, 4.69) is 33.9 Å². The quantitative estimate of drug-likeness (QED) is 0.377. The Labute approximate surface area is 188 Å². The van der Waals surface area contributed by atoms with Crippen molar-refractivity contribution in [2.45, 2.75) is 39.3 Å². The number of benzene rings is 2. The van der Waals surface area contributed by atoms with Gasteiger partial charge in [-0.3, -0.25) is 9.78 Å². The predicted octanol–water partition coefficient (Wildman–Crippen LogP) is 5.09. The topological polar surface area (TPSA) is 69.0 Å². The average molecular weight is 429 g/mol. The molecule has 4 rings (SSSR count). The molecule has 0 aliphatic carbocycles. The Bertz CT molecular complexity index is 1190. The highest BCUT2D eigenvalue weighted by Crippen LogP contribution is 2.22. The molecule has 1 amide bonds. The van der Waals surface area contributed by atoms with Crippen molar-refractivity contribution in [1.82, 2.24) is 19.9 Å². The van der Waals surface area contributed by atoms with Gasteiger partial charge in [0.25, 0.3) is 5.91 Å². The van der Waals surface area contributed by atoms with Gasteiger partial charge in [-0.05, 0) is 68.7 Å². The van der Waals surface area contributed by atoms with Crippen molar-refractivity contribution >= 4 is 16.9 Å². The van der Waals surface area contributed by atoms with Gasteiger partial charge in [-0.2, -0.15) is 0 Å². The maximum atomic E-state index is 12.6. The Morgan fingerprint density at radius 1 is 1.06 bits per heavy atom. The zero-order valence-electron chi connectivity index (χ0n) is 18.5. The monoisotopic (exact) mass is 428 g/mol. The Kier molecular flexibility index (Phi) is 6.80. The van der Waals surface area contributed by atoms with Gasteiger partial charge < -0.3 is 14.6 Å². The first-order valence-corrected chi connectivity index (χ1v) is 11.0. The van der Waals surface area contributed by atoms with E-state index in [0.717, 1.165) is 42.0 Å². The number of carbonyl (C=O) groups excluding carboxylic acids is 1. The van der Waals surface area contributed by atoms with Gasteiger partial charge in [0.15, 0.2) is 0 Å². The lowest BCUT2D eigenvalue weighted by Crippen LogP contribution is -2.29. The second kappa shape index (κ2) is 10.1. The smallest absolute Gasteiger partial charge is 0.270 e. The van der Waals surface area contributed by atoms with E-state index in [1.807, 2.05) is 43.3 Å². The van der Waals surface area contributed by atoms with Crippen molar-refractivity contribution in [2.24, 2.45) is 0 Å². The first kappa shape index (κ1) is 21.6. The summed E-state index contributed by atoms with van der Waals surface area (Å²) >= 11 is 0. The van der Waals surface area contributed by atoms with Crippen LogP contribution in [0.2, 0.25) is 0 Å². The van der Waals surface area contributed by atoms with Gasteiger partial charge in [0, 0.05) is 12.7 Å². The van der Waals surface area contributed by atoms with Crippen LogP contribution in [0.3, 0.4) is 0 Å². The lowest BCUT2D eigenvalue weighted by atomic mass is 10.2. The van der Waals surface area contributed by atoms with Crippen LogP contribution in [0.5, 0.6) is 5.75 Å². The van der Waals surface area contributed by atoms with Crippen LogP contribution >= 0.6 is 0 Å². The van der Waals surface area contributed by atoms with E-state index < -0.39 is 0 Å². The molecule has 4 aromatic rings. The maximum Gasteiger partial charge on any atom is 0.270 e. The zero-order valence-corrected chi connectivity index (χ0v) is 18.5. The number of ether oxygens (including phenoxy) is 1. The molecule has 6 heteroatoms. The molecule has 0 spiro atoms. The van der Waals surface area contributed by atoms with E-state index in [4.69, 9.17) is 9.72 Å². The summed E-state index contributed by atoms with van der Waals surface area (Å²) in [5, 5.41) is 3.03. The third-order valence-electron chi connectivity index (χ3n) is 5.35. The fourth-order valence-electron chi connectivity index (χ4n) is 3.76. The summed E-state index contributed by atoms with van der Waals surface area (Å²) in [5.74, 6) is 1.54. The predicted molar refractivity (Wildman–Crippen MR) is 126 cm³/mol. The molecule has 164 valence electrons. The van der Waals surface area contributed by atoms with Crippen LogP contribution in [0, 0.1) is 6.92 Å². The number of para-hydroxylation sites is 2. The number of amides is 1. The first-order chi connectivity index (χ1) is 15.6. The molecule has 1 unspecified atom stereocenters. The number of hydrogen-bond donors (Lipinski definition) is 1. The molecule has 0 saturated heterocycles. The second-order valence-electron chi connectivity index (χ2n) is 7.89. The van der Waals surface area contributed by atoms with Gasteiger partial charge in [-0.25, -0.2) is 4.98 Å². The van der Waals surface area contributed by atoms with E-state index in [9.17, 15) is 4.79 Å². The average Bonchev–Trinajstić information content (AvgIpc) is 3.18. The van der Waals surface area contributed by atoms with Crippen molar-refractivity contribution in [1.29, 1.82) is 0 Å². The number of imidazole rings is 1. The van der Waals surface area contributed by atoms with Gasteiger partial charge in [0.2, 0.25) is 0 Å². The molecule has 1 atom stereocenters. The normalized spacial score (nSPS) is 11.9. The van der Waals surface area contributed by atoms with Crippen LogP contribution in [0.25, 0.3) is 11.0 Å². The standard InChI is InChI=1S/C26H28N4O2/c1-19-10-9-11-21(18-19)32-17-8-7-16-30-24-14-4-3-12-22(24)29-25(30)20(2)28-26(31)23-13-5-6-15-27-23/h3-6,9-15,18,20H,7-8,16-17H2,1-2H3,(H,28,31). The number of nitrogens with one attached hydrogen (secondary N) is 1. The highest BCUT2D eigenvalue weighted by molar-refractivity contribution is 5.92. The molecule has 32 heavy (non-hydrogen) atoms. The molecule has 2 aromatic carbocycles. The molecule has 0 aliphatic rings. The number of hydrogen-bond acceptors (Lipinski definition) is 4. The van der Waals surface area contributed by atoms with Crippen LogP contribution in [-0.2, 0) is 6.54 Å². The van der Waals surface area contributed by atoms with Crippen molar-refractivity contribution < 1.29 is 9.53 Å². The third-order valence-corrected chi connectivity index (χ3v) is 5.35. The van der Waals surface area contributed by atoms with Crippen LogP contribution in [0.1, 0.15) is 47.7 Å². The van der Waals surface area contributed by atoms with Crippen molar-refractivity contribution in [3.63, 3.8) is 0 Å². The summed E-state index contributed by atoms with van der Waals surface area (Å²) < 4.78 is 8.08. The molecule has 1 N–H and O–H groups in total. The van der Waals surface area contributed by atoms with Crippen molar-refractivity contribution in [3.8, 4) is 5.75 Å². The maximum absolute atomic E-state index is 12.6. The number of aryl methyl sites for hydroxylation is 2. The first-order valence-electron chi connectivity index (χ1n) is 11.0. The SMILES string of the molecule is Cc1cccc(OCCCCn2c(C(C)NC(=O)c3ccccn3)nc3ccccc32)c1. The molecule has 0 fully saturated rings. The molecule has 0 bridgehead atoms. The van der Waals surface area contributed by atoms with Crippen LogP contribution in [0.15, 0.2) is 72.9 Å². The Balaban J connectivity index is 1.42. The Morgan fingerprint density at radius 2 is 1.91 bits per heavy atom. The molecule has 2 aromatic heterocycles. The summed E-state index contributed by atoms with van der Waals surface area (Å²) in [7, 11) is 0. The van der Waals surface area contributed by atoms with Gasteiger partial charge in [-0.15, -0.1) is 0 Å². The molecule has 2 heterocycles. The molecule has 0 saturated carbocycles. The number of rotatable bonds is 9. The number of nitrogens with zero attached hydrogens (tertiary/aromatic N) is 3. The van der Waals surface area contributed by atoms with Gasteiger partial charge in [-0.1, -0.05) is 30.3 Å². The zero-order chi connectivity index (χ0) is 22.3. The second-order valence-corrected chi connectivity index (χ2v) is 7.89. The highest BCUT2D eigenvalue weighted by atomic mass is 16.5. The Morgan fingerprint density at radius 3 is 2.72 bits per heavy atom. The number of aromatic nitrogens is 3. The fourth-order valence-corrected chi connectivity index (χ4v) is 3.76. The molecule has 0 aliphatic heterocycles. The summed E-state index contributed by atoms with van der Waals surface area (Å²) in [4.78, 5) is 21.5. The van der Waals surface area contributed by atoms with Crippen LogP contribution in [-0.4, -0.2) is 27.0 Å². The van der Waals surface area contributed by atoms with E-state index in [1.165, 1.54) is 5.56 Å². The minimum atomic E-state index is -0.250. The highest BCUT2D eigenvalue weighted by Gasteiger charge is 2.19. The summed E-state index contributed by atoms with van der Waals surface area (Å²) in [6, 6.07) is 21.2. The molecule has 6 nitrogen and oxygen atoms in total. The number of carbonyl (C=O) groups is 1.